The fraction of sp³-hybridized carbons (Fsp3) is 0.115. The molecule has 0 saturated heterocycles. The van der Waals surface area contributed by atoms with Crippen molar-refractivity contribution >= 4 is 16.7 Å². The Morgan fingerprint density at radius 2 is 1.52 bits per heavy atom. The van der Waals surface area contributed by atoms with E-state index in [2.05, 4.69) is 0 Å². The number of hydrogen-bond acceptors (Lipinski definition) is 4. The van der Waals surface area contributed by atoms with Crippen molar-refractivity contribution in [2.45, 2.75) is 19.3 Å². The molecule has 0 bridgehead atoms. The number of phenols is 2. The summed E-state index contributed by atoms with van der Waals surface area (Å²) in [6.07, 6.45) is 1.43. The smallest absolute Gasteiger partial charge is 0.303 e. The van der Waals surface area contributed by atoms with Crippen LogP contribution in [0.3, 0.4) is 0 Å². The minimum atomic E-state index is -0.788. The molecule has 4 aromatic carbocycles. The van der Waals surface area contributed by atoms with Crippen molar-refractivity contribution < 1.29 is 24.9 Å². The number of ether oxygens (including phenoxy) is 1. The lowest BCUT2D eigenvalue weighted by molar-refractivity contribution is -0.137. The van der Waals surface area contributed by atoms with Gasteiger partial charge in [-0.1, -0.05) is 30.3 Å². The van der Waals surface area contributed by atoms with Crippen LogP contribution in [0, 0.1) is 0 Å². The van der Waals surface area contributed by atoms with Crippen molar-refractivity contribution in [1.29, 1.82) is 0 Å². The highest BCUT2D eigenvalue weighted by molar-refractivity contribution is 5.96. The van der Waals surface area contributed by atoms with E-state index >= 15 is 0 Å². The number of carbonyl (C=O) groups is 1. The monoisotopic (exact) mass is 414 g/mol. The molecule has 3 N–H and O–H groups in total. The third-order valence-electron chi connectivity index (χ3n) is 5.13. The minimum absolute atomic E-state index is 0.150. The maximum Gasteiger partial charge on any atom is 0.303 e. The topological polar surface area (TPSA) is 87.0 Å². The molecule has 5 nitrogen and oxygen atoms in total. The van der Waals surface area contributed by atoms with Gasteiger partial charge in [-0.05, 0) is 77.9 Å². The quantitative estimate of drug-likeness (QED) is 0.339. The predicted octanol–water partition coefficient (Wildman–Crippen LogP) is 6.12. The molecule has 0 saturated carbocycles. The lowest BCUT2D eigenvalue weighted by atomic mass is 9.99. The number of benzene rings is 4. The zero-order valence-corrected chi connectivity index (χ0v) is 16.8. The molecule has 0 amide bonds. The third kappa shape index (κ3) is 4.78. The summed E-state index contributed by atoms with van der Waals surface area (Å²) in [6, 6.07) is 23.5. The van der Waals surface area contributed by atoms with Crippen LogP contribution in [-0.2, 0) is 11.2 Å². The molecule has 4 rings (SSSR count). The molecule has 4 aromatic rings. The number of aryl methyl sites for hydroxylation is 1. The standard InChI is InChI=1S/C26H22O5/c27-20-9-6-18(7-10-20)23-14-8-19-16-21(28)11-15-24(19)26(23)31-22-12-4-17(5-13-22)2-1-3-25(29)30/h4-16,27-28H,1-3H2,(H,29,30). The molecule has 0 heterocycles. The molecule has 0 spiro atoms. The Bertz CT molecular complexity index is 1210. The first-order valence-electron chi connectivity index (χ1n) is 10.0. The molecule has 0 radical (unpaired) electrons. The maximum absolute atomic E-state index is 10.7. The van der Waals surface area contributed by atoms with Crippen LogP contribution in [0.4, 0.5) is 0 Å². The maximum atomic E-state index is 10.7. The van der Waals surface area contributed by atoms with Crippen LogP contribution in [0.15, 0.2) is 78.9 Å². The highest BCUT2D eigenvalue weighted by Crippen LogP contribution is 2.40. The molecule has 0 unspecified atom stereocenters. The van der Waals surface area contributed by atoms with Crippen molar-refractivity contribution in [2.24, 2.45) is 0 Å². The van der Waals surface area contributed by atoms with Gasteiger partial charge in [0.1, 0.15) is 23.0 Å². The van der Waals surface area contributed by atoms with Crippen LogP contribution in [-0.4, -0.2) is 21.3 Å². The SMILES string of the molecule is O=C(O)CCCc1ccc(Oc2c(-c3ccc(O)cc3)ccc3cc(O)ccc23)cc1. The Labute approximate surface area is 179 Å². The van der Waals surface area contributed by atoms with E-state index in [1.54, 1.807) is 24.3 Å². The van der Waals surface area contributed by atoms with Crippen molar-refractivity contribution in [3.05, 3.63) is 84.4 Å². The summed E-state index contributed by atoms with van der Waals surface area (Å²) < 4.78 is 6.31. The molecule has 5 heteroatoms. The van der Waals surface area contributed by atoms with E-state index in [9.17, 15) is 15.0 Å². The molecule has 0 atom stereocenters. The van der Waals surface area contributed by atoms with Gasteiger partial charge in [-0.2, -0.15) is 0 Å². The van der Waals surface area contributed by atoms with Gasteiger partial charge in [-0.25, -0.2) is 0 Å². The van der Waals surface area contributed by atoms with Crippen LogP contribution in [0.2, 0.25) is 0 Å². The van der Waals surface area contributed by atoms with Crippen molar-refractivity contribution in [2.75, 3.05) is 0 Å². The van der Waals surface area contributed by atoms with Gasteiger partial charge < -0.3 is 20.1 Å². The van der Waals surface area contributed by atoms with E-state index in [4.69, 9.17) is 9.84 Å². The molecule has 0 aromatic heterocycles. The largest absolute Gasteiger partial charge is 0.508 e. The number of carboxylic acids is 1. The van der Waals surface area contributed by atoms with E-state index in [0.717, 1.165) is 27.5 Å². The number of phenolic OH excluding ortho intramolecular Hbond substituents is 2. The van der Waals surface area contributed by atoms with Crippen LogP contribution < -0.4 is 4.74 Å². The summed E-state index contributed by atoms with van der Waals surface area (Å²) >= 11 is 0. The lowest BCUT2D eigenvalue weighted by Gasteiger charge is -2.15. The van der Waals surface area contributed by atoms with E-state index < -0.39 is 5.97 Å². The zero-order valence-electron chi connectivity index (χ0n) is 16.8. The van der Waals surface area contributed by atoms with E-state index in [0.29, 0.717) is 24.3 Å². The second-order valence-corrected chi connectivity index (χ2v) is 7.39. The first kappa shape index (κ1) is 20.3. The molecule has 0 aliphatic rings. The molecule has 0 aliphatic carbocycles. The van der Waals surface area contributed by atoms with Crippen molar-refractivity contribution in [3.63, 3.8) is 0 Å². The number of aliphatic carboxylic acids is 1. The van der Waals surface area contributed by atoms with E-state index in [1.807, 2.05) is 54.6 Å². The average Bonchev–Trinajstić information content (AvgIpc) is 2.75. The predicted molar refractivity (Wildman–Crippen MR) is 120 cm³/mol. The second kappa shape index (κ2) is 8.79. The Hall–Kier alpha value is -3.99. The number of rotatable bonds is 7. The lowest BCUT2D eigenvalue weighted by Crippen LogP contribution is -1.96. The van der Waals surface area contributed by atoms with Crippen LogP contribution >= 0.6 is 0 Å². The highest BCUT2D eigenvalue weighted by Gasteiger charge is 2.13. The summed E-state index contributed by atoms with van der Waals surface area (Å²) in [4.78, 5) is 10.7. The number of hydrogen-bond donors (Lipinski definition) is 3. The van der Waals surface area contributed by atoms with Gasteiger partial charge in [0.25, 0.3) is 0 Å². The minimum Gasteiger partial charge on any atom is -0.508 e. The number of aromatic hydroxyl groups is 2. The summed E-state index contributed by atoms with van der Waals surface area (Å²) in [5.74, 6) is 0.894. The Kier molecular flexibility index (Phi) is 5.76. The summed E-state index contributed by atoms with van der Waals surface area (Å²) in [6.45, 7) is 0. The highest BCUT2D eigenvalue weighted by atomic mass is 16.5. The molecule has 31 heavy (non-hydrogen) atoms. The van der Waals surface area contributed by atoms with E-state index in [-0.39, 0.29) is 17.9 Å². The molecular weight excluding hydrogens is 392 g/mol. The van der Waals surface area contributed by atoms with Gasteiger partial charge in [0.05, 0.1) is 0 Å². The first-order valence-corrected chi connectivity index (χ1v) is 10.0. The van der Waals surface area contributed by atoms with Gasteiger partial charge in [-0.15, -0.1) is 0 Å². The number of fused-ring (bicyclic) bond motifs is 1. The zero-order chi connectivity index (χ0) is 21.8. The van der Waals surface area contributed by atoms with Crippen LogP contribution in [0.1, 0.15) is 18.4 Å². The fourth-order valence-electron chi connectivity index (χ4n) is 3.55. The summed E-state index contributed by atoms with van der Waals surface area (Å²) in [5, 5.41) is 30.0. The van der Waals surface area contributed by atoms with Gasteiger partial charge >= 0.3 is 5.97 Å². The van der Waals surface area contributed by atoms with Gasteiger partial charge in [0.2, 0.25) is 0 Å². The summed E-state index contributed by atoms with van der Waals surface area (Å²) in [5.41, 5.74) is 2.81. The molecule has 156 valence electrons. The molecule has 0 fully saturated rings. The van der Waals surface area contributed by atoms with Gasteiger partial charge in [0, 0.05) is 17.4 Å². The Morgan fingerprint density at radius 3 is 2.23 bits per heavy atom. The van der Waals surface area contributed by atoms with Crippen molar-refractivity contribution in [1.82, 2.24) is 0 Å². The molecular formula is C26H22O5. The normalized spacial score (nSPS) is 10.8. The average molecular weight is 414 g/mol. The van der Waals surface area contributed by atoms with Crippen LogP contribution in [0.5, 0.6) is 23.0 Å². The number of carboxylic acid groups (broad SMARTS) is 1. The molecule has 0 aliphatic heterocycles. The van der Waals surface area contributed by atoms with Gasteiger partial charge in [0.15, 0.2) is 0 Å². The second-order valence-electron chi connectivity index (χ2n) is 7.39. The first-order chi connectivity index (χ1) is 15.0. The van der Waals surface area contributed by atoms with Crippen molar-refractivity contribution in [3.8, 4) is 34.1 Å². The Balaban J connectivity index is 1.69. The fourth-order valence-corrected chi connectivity index (χ4v) is 3.55. The Morgan fingerprint density at radius 1 is 0.806 bits per heavy atom. The summed E-state index contributed by atoms with van der Waals surface area (Å²) in [7, 11) is 0. The van der Waals surface area contributed by atoms with E-state index in [1.165, 1.54) is 0 Å². The van der Waals surface area contributed by atoms with Crippen LogP contribution in [0.25, 0.3) is 21.9 Å². The van der Waals surface area contributed by atoms with Gasteiger partial charge in [-0.3, -0.25) is 4.79 Å². The third-order valence-corrected chi connectivity index (χ3v) is 5.13.